The van der Waals surface area contributed by atoms with Gasteiger partial charge >= 0.3 is 0 Å². The smallest absolute Gasteiger partial charge is 0.227 e. The van der Waals surface area contributed by atoms with E-state index in [4.69, 9.17) is 4.42 Å². The van der Waals surface area contributed by atoms with E-state index in [1.807, 2.05) is 36.4 Å². The standard InChI is InChI=1S/C16H16N2O/c1-3-17-13-6-4-5-12(10-13)16-18-14-9-11(2)7-8-15(14)19-16/h4-10,17H,3H2,1-2H3. The Labute approximate surface area is 112 Å². The van der Waals surface area contributed by atoms with Crippen molar-refractivity contribution in [2.45, 2.75) is 13.8 Å². The van der Waals surface area contributed by atoms with Gasteiger partial charge in [0.25, 0.3) is 0 Å². The van der Waals surface area contributed by atoms with E-state index in [0.29, 0.717) is 5.89 Å². The number of nitrogens with one attached hydrogen (secondary N) is 1. The first-order valence-electron chi connectivity index (χ1n) is 6.48. The predicted molar refractivity (Wildman–Crippen MR) is 78.3 cm³/mol. The number of oxazole rings is 1. The monoisotopic (exact) mass is 252 g/mol. The SMILES string of the molecule is CCNc1cccc(-c2nc3cc(C)ccc3o2)c1. The first-order chi connectivity index (χ1) is 9.26. The summed E-state index contributed by atoms with van der Waals surface area (Å²) in [5.74, 6) is 0.667. The molecule has 1 heterocycles. The molecule has 1 N–H and O–H groups in total. The van der Waals surface area contributed by atoms with E-state index in [9.17, 15) is 0 Å². The summed E-state index contributed by atoms with van der Waals surface area (Å²) < 4.78 is 5.80. The zero-order valence-electron chi connectivity index (χ0n) is 11.1. The molecule has 0 saturated carbocycles. The van der Waals surface area contributed by atoms with Crippen LogP contribution in [0.25, 0.3) is 22.6 Å². The molecule has 3 nitrogen and oxygen atoms in total. The maximum Gasteiger partial charge on any atom is 0.227 e. The van der Waals surface area contributed by atoms with Crippen molar-refractivity contribution in [3.05, 3.63) is 48.0 Å². The maximum absolute atomic E-state index is 5.80. The third-order valence-corrected chi connectivity index (χ3v) is 3.03. The van der Waals surface area contributed by atoms with Gasteiger partial charge < -0.3 is 9.73 Å². The summed E-state index contributed by atoms with van der Waals surface area (Å²) in [5.41, 5.74) is 5.00. The van der Waals surface area contributed by atoms with Crippen LogP contribution in [0.15, 0.2) is 46.9 Å². The van der Waals surface area contributed by atoms with Crippen molar-refractivity contribution >= 4 is 16.8 Å². The quantitative estimate of drug-likeness (QED) is 0.757. The van der Waals surface area contributed by atoms with Gasteiger partial charge in [0.2, 0.25) is 5.89 Å². The number of rotatable bonds is 3. The molecule has 0 unspecified atom stereocenters. The topological polar surface area (TPSA) is 38.1 Å². The van der Waals surface area contributed by atoms with Crippen molar-refractivity contribution in [1.82, 2.24) is 4.98 Å². The van der Waals surface area contributed by atoms with Gasteiger partial charge in [0.1, 0.15) is 5.52 Å². The average molecular weight is 252 g/mol. The minimum atomic E-state index is 0.667. The summed E-state index contributed by atoms with van der Waals surface area (Å²) >= 11 is 0. The Bertz CT molecular complexity index is 716. The van der Waals surface area contributed by atoms with Crippen LogP contribution in [0.5, 0.6) is 0 Å². The third-order valence-electron chi connectivity index (χ3n) is 3.03. The van der Waals surface area contributed by atoms with E-state index in [-0.39, 0.29) is 0 Å². The predicted octanol–water partition coefficient (Wildman–Crippen LogP) is 4.24. The van der Waals surface area contributed by atoms with E-state index >= 15 is 0 Å². The van der Waals surface area contributed by atoms with Crippen LogP contribution in [0.1, 0.15) is 12.5 Å². The second-order valence-corrected chi connectivity index (χ2v) is 4.60. The molecule has 96 valence electrons. The summed E-state index contributed by atoms with van der Waals surface area (Å²) in [7, 11) is 0. The maximum atomic E-state index is 5.80. The van der Waals surface area contributed by atoms with Crippen molar-refractivity contribution in [3.8, 4) is 11.5 Å². The van der Waals surface area contributed by atoms with Gasteiger partial charge in [-0.25, -0.2) is 4.98 Å². The van der Waals surface area contributed by atoms with Gasteiger partial charge in [0.15, 0.2) is 5.58 Å². The number of hydrogen-bond donors (Lipinski definition) is 1. The Kier molecular flexibility index (Phi) is 2.95. The number of aromatic nitrogens is 1. The molecule has 3 rings (SSSR count). The Morgan fingerprint density at radius 3 is 2.89 bits per heavy atom. The van der Waals surface area contributed by atoms with Crippen LogP contribution in [-0.2, 0) is 0 Å². The summed E-state index contributed by atoms with van der Waals surface area (Å²) in [6.07, 6.45) is 0. The molecule has 0 bridgehead atoms. The largest absolute Gasteiger partial charge is 0.436 e. The van der Waals surface area contributed by atoms with Gasteiger partial charge in [-0.05, 0) is 49.7 Å². The highest BCUT2D eigenvalue weighted by molar-refractivity contribution is 5.77. The minimum absolute atomic E-state index is 0.667. The second-order valence-electron chi connectivity index (χ2n) is 4.60. The fraction of sp³-hybridized carbons (Fsp3) is 0.188. The summed E-state index contributed by atoms with van der Waals surface area (Å²) in [4.78, 5) is 4.55. The second kappa shape index (κ2) is 4.76. The van der Waals surface area contributed by atoms with Crippen molar-refractivity contribution in [2.24, 2.45) is 0 Å². The number of aryl methyl sites for hydroxylation is 1. The minimum Gasteiger partial charge on any atom is -0.436 e. The summed E-state index contributed by atoms with van der Waals surface area (Å²) in [5, 5.41) is 3.29. The van der Waals surface area contributed by atoms with Crippen LogP contribution in [0.4, 0.5) is 5.69 Å². The van der Waals surface area contributed by atoms with Gasteiger partial charge in [-0.3, -0.25) is 0 Å². The van der Waals surface area contributed by atoms with Crippen molar-refractivity contribution < 1.29 is 4.42 Å². The fourth-order valence-corrected chi connectivity index (χ4v) is 2.13. The first-order valence-corrected chi connectivity index (χ1v) is 6.48. The molecule has 0 amide bonds. The van der Waals surface area contributed by atoms with Crippen molar-refractivity contribution in [2.75, 3.05) is 11.9 Å². The molecule has 0 radical (unpaired) electrons. The lowest BCUT2D eigenvalue weighted by molar-refractivity contribution is 0.620. The Morgan fingerprint density at radius 1 is 1.16 bits per heavy atom. The highest BCUT2D eigenvalue weighted by Crippen LogP contribution is 2.26. The molecule has 0 aliphatic rings. The highest BCUT2D eigenvalue weighted by Gasteiger charge is 2.08. The number of hydrogen-bond acceptors (Lipinski definition) is 3. The molecule has 0 aliphatic carbocycles. The third kappa shape index (κ3) is 2.32. The number of anilines is 1. The highest BCUT2D eigenvalue weighted by atomic mass is 16.3. The Balaban J connectivity index is 2.05. The van der Waals surface area contributed by atoms with E-state index in [1.54, 1.807) is 0 Å². The van der Waals surface area contributed by atoms with E-state index in [1.165, 1.54) is 5.56 Å². The molecule has 3 heteroatoms. The molecule has 0 atom stereocenters. The van der Waals surface area contributed by atoms with Crippen molar-refractivity contribution in [1.29, 1.82) is 0 Å². The molecule has 0 aliphatic heterocycles. The first kappa shape index (κ1) is 11.8. The number of nitrogens with zero attached hydrogens (tertiary/aromatic N) is 1. The van der Waals surface area contributed by atoms with Crippen LogP contribution < -0.4 is 5.32 Å². The van der Waals surface area contributed by atoms with Crippen LogP contribution in [-0.4, -0.2) is 11.5 Å². The Hall–Kier alpha value is -2.29. The number of benzene rings is 2. The van der Waals surface area contributed by atoms with Crippen LogP contribution in [0.2, 0.25) is 0 Å². The molecule has 19 heavy (non-hydrogen) atoms. The van der Waals surface area contributed by atoms with Crippen molar-refractivity contribution in [3.63, 3.8) is 0 Å². The van der Waals surface area contributed by atoms with E-state index in [2.05, 4.69) is 30.2 Å². The lowest BCUT2D eigenvalue weighted by Crippen LogP contribution is -1.95. The lowest BCUT2D eigenvalue weighted by atomic mass is 10.2. The van der Waals surface area contributed by atoms with Crippen LogP contribution >= 0.6 is 0 Å². The lowest BCUT2D eigenvalue weighted by Gasteiger charge is -2.03. The summed E-state index contributed by atoms with van der Waals surface area (Å²) in [6.45, 7) is 5.03. The average Bonchev–Trinajstić information content (AvgIpc) is 2.82. The van der Waals surface area contributed by atoms with E-state index in [0.717, 1.165) is 28.9 Å². The normalized spacial score (nSPS) is 10.8. The fourth-order valence-electron chi connectivity index (χ4n) is 2.13. The summed E-state index contributed by atoms with van der Waals surface area (Å²) in [6, 6.07) is 14.2. The van der Waals surface area contributed by atoms with Gasteiger partial charge in [0.05, 0.1) is 0 Å². The number of fused-ring (bicyclic) bond motifs is 1. The molecular formula is C16H16N2O. The van der Waals surface area contributed by atoms with E-state index < -0.39 is 0 Å². The molecule has 0 saturated heterocycles. The molecule has 2 aromatic carbocycles. The van der Waals surface area contributed by atoms with Gasteiger partial charge in [-0.1, -0.05) is 12.1 Å². The molecular weight excluding hydrogens is 236 g/mol. The zero-order valence-corrected chi connectivity index (χ0v) is 11.1. The molecule has 1 aromatic heterocycles. The van der Waals surface area contributed by atoms with Crippen LogP contribution in [0.3, 0.4) is 0 Å². The Morgan fingerprint density at radius 2 is 2.05 bits per heavy atom. The van der Waals surface area contributed by atoms with Gasteiger partial charge in [0, 0.05) is 17.8 Å². The van der Waals surface area contributed by atoms with Gasteiger partial charge in [-0.15, -0.1) is 0 Å². The van der Waals surface area contributed by atoms with Crippen LogP contribution in [0, 0.1) is 6.92 Å². The molecule has 0 fully saturated rings. The molecule has 0 spiro atoms. The zero-order chi connectivity index (χ0) is 13.2. The molecule has 3 aromatic rings. The van der Waals surface area contributed by atoms with Gasteiger partial charge in [-0.2, -0.15) is 0 Å².